The van der Waals surface area contributed by atoms with Gasteiger partial charge in [-0.25, -0.2) is 0 Å². The number of carbonyl (C=O) groups excluding carboxylic acids is 1. The Kier molecular flexibility index (Phi) is 9.18. The third-order valence-corrected chi connectivity index (χ3v) is 7.06. The molecule has 0 bridgehead atoms. The average Bonchev–Trinajstić information content (AvgIpc) is 3.29. The van der Waals surface area contributed by atoms with Gasteiger partial charge in [0.15, 0.2) is 0 Å². The van der Waals surface area contributed by atoms with Gasteiger partial charge in [0, 0.05) is 25.2 Å². The minimum Gasteiger partial charge on any atom is -0.469 e. The Morgan fingerprint density at radius 1 is 1.31 bits per heavy atom. The van der Waals surface area contributed by atoms with Crippen molar-refractivity contribution in [2.45, 2.75) is 71.5 Å². The van der Waals surface area contributed by atoms with Crippen LogP contribution in [0.15, 0.2) is 46.6 Å². The topological polar surface area (TPSA) is 68.9 Å². The minimum absolute atomic E-state index is 0.0938. The van der Waals surface area contributed by atoms with Crippen LogP contribution in [0.1, 0.15) is 58.6 Å². The van der Waals surface area contributed by atoms with Gasteiger partial charge < -0.3 is 19.0 Å². The Bertz CT molecular complexity index is 763. The number of aliphatic hydroxyl groups is 1. The molecule has 1 aromatic heterocycles. The molecule has 2 fully saturated rings. The molecule has 1 aliphatic carbocycles. The van der Waals surface area contributed by atoms with E-state index in [-0.39, 0.29) is 18.0 Å². The van der Waals surface area contributed by atoms with Crippen LogP contribution in [0.2, 0.25) is 0 Å². The zero-order valence-corrected chi connectivity index (χ0v) is 20.0. The van der Waals surface area contributed by atoms with Gasteiger partial charge >= 0.3 is 5.97 Å². The Hall–Kier alpha value is -1.85. The molecule has 1 aromatic rings. The molecular formula is C27H40O5. The van der Waals surface area contributed by atoms with Crippen molar-refractivity contribution < 1.29 is 23.8 Å². The van der Waals surface area contributed by atoms with Gasteiger partial charge in [0.2, 0.25) is 0 Å². The monoisotopic (exact) mass is 444 g/mol. The van der Waals surface area contributed by atoms with E-state index in [1.165, 1.54) is 7.11 Å². The van der Waals surface area contributed by atoms with Crippen LogP contribution >= 0.6 is 0 Å². The van der Waals surface area contributed by atoms with Crippen molar-refractivity contribution in [3.8, 4) is 0 Å². The first-order chi connectivity index (χ1) is 15.4. The molecule has 0 amide bonds. The number of hydrogen-bond acceptors (Lipinski definition) is 5. The molecule has 32 heavy (non-hydrogen) atoms. The second kappa shape index (κ2) is 11.9. The van der Waals surface area contributed by atoms with Crippen LogP contribution in [0.25, 0.3) is 0 Å². The number of aliphatic hydroxyl groups excluding tert-OH is 1. The lowest BCUT2D eigenvalue weighted by molar-refractivity contribution is -0.140. The van der Waals surface area contributed by atoms with E-state index < -0.39 is 6.10 Å². The fourth-order valence-electron chi connectivity index (χ4n) is 5.25. The second-order valence-electron chi connectivity index (χ2n) is 9.91. The summed E-state index contributed by atoms with van der Waals surface area (Å²) in [4.78, 5) is 11.5. The van der Waals surface area contributed by atoms with Gasteiger partial charge in [-0.3, -0.25) is 4.79 Å². The van der Waals surface area contributed by atoms with E-state index in [1.54, 1.807) is 6.26 Å². The fourth-order valence-corrected chi connectivity index (χ4v) is 5.25. The van der Waals surface area contributed by atoms with Crippen molar-refractivity contribution in [2.24, 2.45) is 29.6 Å². The maximum absolute atomic E-state index is 11.5. The van der Waals surface area contributed by atoms with Crippen molar-refractivity contribution in [1.29, 1.82) is 0 Å². The Balaban J connectivity index is 1.72. The normalized spacial score (nSPS) is 31.1. The maximum atomic E-state index is 11.5. The second-order valence-corrected chi connectivity index (χ2v) is 9.91. The van der Waals surface area contributed by atoms with Crippen LogP contribution < -0.4 is 0 Å². The van der Waals surface area contributed by atoms with Crippen molar-refractivity contribution in [3.63, 3.8) is 0 Å². The molecule has 5 nitrogen and oxygen atoms in total. The SMILES string of the molecule is COC(=O)CCC(C)=CC1CC2C(CC1O)OCC(CCc1ccco1)C2C=CC(C)C. The summed E-state index contributed by atoms with van der Waals surface area (Å²) in [6.07, 6.45) is 12.9. The third kappa shape index (κ3) is 6.82. The van der Waals surface area contributed by atoms with Crippen molar-refractivity contribution in [2.75, 3.05) is 13.7 Å². The molecule has 5 heteroatoms. The summed E-state index contributed by atoms with van der Waals surface area (Å²) in [5.41, 5.74) is 1.14. The number of furan rings is 1. The number of allylic oxidation sites excluding steroid dienone is 3. The number of ether oxygens (including phenoxy) is 2. The smallest absolute Gasteiger partial charge is 0.305 e. The zero-order chi connectivity index (χ0) is 23.1. The average molecular weight is 445 g/mol. The van der Waals surface area contributed by atoms with E-state index in [9.17, 15) is 9.90 Å². The van der Waals surface area contributed by atoms with Crippen molar-refractivity contribution in [3.05, 3.63) is 48.0 Å². The number of fused-ring (bicyclic) bond motifs is 1. The predicted octanol–water partition coefficient (Wildman–Crippen LogP) is 5.34. The quantitative estimate of drug-likeness (QED) is 0.411. The molecule has 178 valence electrons. The minimum atomic E-state index is -0.404. The zero-order valence-electron chi connectivity index (χ0n) is 20.0. The molecule has 1 saturated carbocycles. The van der Waals surface area contributed by atoms with E-state index in [4.69, 9.17) is 13.9 Å². The summed E-state index contributed by atoms with van der Waals surface area (Å²) < 4.78 is 16.6. The van der Waals surface area contributed by atoms with E-state index in [0.29, 0.717) is 42.9 Å². The molecule has 0 aromatic carbocycles. The molecule has 1 N–H and O–H groups in total. The molecule has 0 spiro atoms. The van der Waals surface area contributed by atoms with Gasteiger partial charge in [-0.2, -0.15) is 0 Å². The van der Waals surface area contributed by atoms with Crippen molar-refractivity contribution >= 4 is 5.97 Å². The number of rotatable bonds is 9. The van der Waals surface area contributed by atoms with Crippen LogP contribution in [-0.2, 0) is 20.7 Å². The standard InChI is InChI=1S/C27H40O5/c1-18(2)7-11-23-20(9-10-22-6-5-13-31-22)17-32-26-16-25(28)21(15-24(23)26)14-19(3)8-12-27(29)30-4/h5-7,11,13-14,18,20-21,23-26,28H,8-10,12,15-17H2,1-4H3. The highest BCUT2D eigenvalue weighted by atomic mass is 16.5. The van der Waals surface area contributed by atoms with Crippen LogP contribution in [-0.4, -0.2) is 37.0 Å². The van der Waals surface area contributed by atoms with Crippen LogP contribution in [0, 0.1) is 29.6 Å². The predicted molar refractivity (Wildman–Crippen MR) is 125 cm³/mol. The lowest BCUT2D eigenvalue weighted by Crippen LogP contribution is -2.48. The Labute approximate surface area is 192 Å². The molecule has 2 heterocycles. The summed E-state index contributed by atoms with van der Waals surface area (Å²) >= 11 is 0. The highest BCUT2D eigenvalue weighted by molar-refractivity contribution is 5.69. The molecule has 1 saturated heterocycles. The first-order valence-corrected chi connectivity index (χ1v) is 12.1. The Morgan fingerprint density at radius 2 is 2.12 bits per heavy atom. The van der Waals surface area contributed by atoms with Crippen LogP contribution in [0.5, 0.6) is 0 Å². The van der Waals surface area contributed by atoms with Gasteiger partial charge in [-0.05, 0) is 62.0 Å². The number of esters is 1. The molecule has 3 rings (SSSR count). The molecule has 6 atom stereocenters. The van der Waals surface area contributed by atoms with Crippen LogP contribution in [0.4, 0.5) is 0 Å². The molecule has 6 unspecified atom stereocenters. The summed E-state index contributed by atoms with van der Waals surface area (Å²) in [6.45, 7) is 7.21. The highest BCUT2D eigenvalue weighted by Gasteiger charge is 2.44. The van der Waals surface area contributed by atoms with Gasteiger partial charge in [-0.15, -0.1) is 0 Å². The van der Waals surface area contributed by atoms with E-state index in [2.05, 4.69) is 32.1 Å². The van der Waals surface area contributed by atoms with Gasteiger partial charge in [0.25, 0.3) is 0 Å². The number of hydrogen-bond donors (Lipinski definition) is 1. The largest absolute Gasteiger partial charge is 0.469 e. The maximum Gasteiger partial charge on any atom is 0.305 e. The molecule has 0 radical (unpaired) electrons. The van der Waals surface area contributed by atoms with E-state index >= 15 is 0 Å². The van der Waals surface area contributed by atoms with E-state index in [1.807, 2.05) is 19.1 Å². The lowest BCUT2D eigenvalue weighted by atomic mass is 9.65. The Morgan fingerprint density at radius 3 is 2.81 bits per heavy atom. The summed E-state index contributed by atoms with van der Waals surface area (Å²) in [5, 5.41) is 10.8. The number of methoxy groups -OCH3 is 1. The summed E-state index contributed by atoms with van der Waals surface area (Å²) in [5.74, 6) is 2.70. The third-order valence-electron chi connectivity index (χ3n) is 7.06. The number of aryl methyl sites for hydroxylation is 1. The molecular weight excluding hydrogens is 404 g/mol. The first kappa shape index (κ1) is 24.8. The highest BCUT2D eigenvalue weighted by Crippen LogP contribution is 2.45. The first-order valence-electron chi connectivity index (χ1n) is 12.1. The molecule has 1 aliphatic heterocycles. The van der Waals surface area contributed by atoms with Crippen molar-refractivity contribution in [1.82, 2.24) is 0 Å². The summed E-state index contributed by atoms with van der Waals surface area (Å²) in [6, 6.07) is 3.99. The molecule has 2 aliphatic rings. The van der Waals surface area contributed by atoms with Gasteiger partial charge in [-0.1, -0.05) is 37.6 Å². The van der Waals surface area contributed by atoms with Crippen LogP contribution in [0.3, 0.4) is 0 Å². The summed E-state index contributed by atoms with van der Waals surface area (Å²) in [7, 11) is 1.42. The lowest BCUT2D eigenvalue weighted by Gasteiger charge is -2.48. The van der Waals surface area contributed by atoms with E-state index in [0.717, 1.165) is 37.2 Å². The number of carbonyl (C=O) groups is 1. The fraction of sp³-hybridized carbons (Fsp3) is 0.667. The van der Waals surface area contributed by atoms with Gasteiger partial charge in [0.1, 0.15) is 5.76 Å². The van der Waals surface area contributed by atoms with Gasteiger partial charge in [0.05, 0.1) is 32.2 Å².